The van der Waals surface area contributed by atoms with Crippen LogP contribution in [0.4, 0.5) is 0 Å². The first-order valence-corrected chi connectivity index (χ1v) is 7.02. The van der Waals surface area contributed by atoms with Crippen molar-refractivity contribution < 1.29 is 0 Å². The summed E-state index contributed by atoms with van der Waals surface area (Å²) in [6.45, 7) is 0.774. The van der Waals surface area contributed by atoms with Gasteiger partial charge in [-0.05, 0) is 48.8 Å². The SMILES string of the molecule is NCC1(c2ccc(Cl)cc2)CC2(CCCC2)C1. The Morgan fingerprint density at radius 3 is 2.18 bits per heavy atom. The van der Waals surface area contributed by atoms with Gasteiger partial charge in [0.1, 0.15) is 0 Å². The lowest BCUT2D eigenvalue weighted by molar-refractivity contribution is 0.0329. The molecule has 1 spiro atoms. The molecule has 1 nitrogen and oxygen atoms in total. The van der Waals surface area contributed by atoms with E-state index in [4.69, 9.17) is 17.3 Å². The summed E-state index contributed by atoms with van der Waals surface area (Å²) in [6.07, 6.45) is 8.25. The number of hydrogen-bond acceptors (Lipinski definition) is 1. The van der Waals surface area contributed by atoms with Crippen LogP contribution in [-0.4, -0.2) is 6.54 Å². The Hall–Kier alpha value is -0.530. The van der Waals surface area contributed by atoms with E-state index in [2.05, 4.69) is 12.1 Å². The van der Waals surface area contributed by atoms with Crippen molar-refractivity contribution in [1.82, 2.24) is 0 Å². The normalized spacial score (nSPS) is 24.8. The first-order valence-electron chi connectivity index (χ1n) is 6.64. The van der Waals surface area contributed by atoms with Gasteiger partial charge in [0.25, 0.3) is 0 Å². The van der Waals surface area contributed by atoms with Crippen molar-refractivity contribution in [3.05, 3.63) is 34.9 Å². The monoisotopic (exact) mass is 249 g/mol. The Morgan fingerprint density at radius 2 is 1.65 bits per heavy atom. The average Bonchev–Trinajstić information content (AvgIpc) is 2.76. The van der Waals surface area contributed by atoms with E-state index in [-0.39, 0.29) is 5.41 Å². The fourth-order valence-electron chi connectivity index (χ4n) is 4.13. The van der Waals surface area contributed by atoms with E-state index in [1.54, 1.807) is 0 Å². The second kappa shape index (κ2) is 4.00. The molecule has 2 fully saturated rings. The summed E-state index contributed by atoms with van der Waals surface area (Å²) < 4.78 is 0. The van der Waals surface area contributed by atoms with Crippen molar-refractivity contribution in [2.45, 2.75) is 43.9 Å². The summed E-state index contributed by atoms with van der Waals surface area (Å²) >= 11 is 5.96. The highest BCUT2D eigenvalue weighted by Gasteiger charge is 2.54. The molecule has 3 rings (SSSR count). The van der Waals surface area contributed by atoms with E-state index in [1.165, 1.54) is 44.1 Å². The van der Waals surface area contributed by atoms with Gasteiger partial charge in [0, 0.05) is 17.0 Å². The van der Waals surface area contributed by atoms with Crippen LogP contribution in [0.1, 0.15) is 44.1 Å². The minimum atomic E-state index is 0.245. The molecule has 17 heavy (non-hydrogen) atoms. The first kappa shape index (κ1) is 11.6. The van der Waals surface area contributed by atoms with Gasteiger partial charge in [-0.15, -0.1) is 0 Å². The zero-order valence-corrected chi connectivity index (χ0v) is 11.0. The lowest BCUT2D eigenvalue weighted by Gasteiger charge is -2.55. The van der Waals surface area contributed by atoms with Crippen molar-refractivity contribution in [3.63, 3.8) is 0 Å². The molecule has 0 radical (unpaired) electrons. The Balaban J connectivity index is 1.83. The second-order valence-corrected chi connectivity index (χ2v) is 6.49. The van der Waals surface area contributed by atoms with Gasteiger partial charge in [0.2, 0.25) is 0 Å². The van der Waals surface area contributed by atoms with Crippen LogP contribution < -0.4 is 5.73 Å². The fourth-order valence-corrected chi connectivity index (χ4v) is 4.26. The summed E-state index contributed by atoms with van der Waals surface area (Å²) in [5.41, 5.74) is 8.33. The Kier molecular flexibility index (Phi) is 2.72. The quantitative estimate of drug-likeness (QED) is 0.846. The second-order valence-electron chi connectivity index (χ2n) is 6.05. The lowest BCUT2D eigenvalue weighted by Crippen LogP contribution is -2.52. The van der Waals surface area contributed by atoms with Crippen LogP contribution in [0.5, 0.6) is 0 Å². The van der Waals surface area contributed by atoms with E-state index >= 15 is 0 Å². The number of halogens is 1. The number of benzene rings is 1. The van der Waals surface area contributed by atoms with Gasteiger partial charge in [0.15, 0.2) is 0 Å². The molecular weight excluding hydrogens is 230 g/mol. The lowest BCUT2D eigenvalue weighted by atomic mass is 9.50. The number of nitrogens with two attached hydrogens (primary N) is 1. The van der Waals surface area contributed by atoms with Gasteiger partial charge < -0.3 is 5.73 Å². The van der Waals surface area contributed by atoms with Crippen molar-refractivity contribution in [3.8, 4) is 0 Å². The molecule has 0 bridgehead atoms. The highest BCUT2D eigenvalue weighted by atomic mass is 35.5. The molecule has 2 saturated carbocycles. The van der Waals surface area contributed by atoms with Gasteiger partial charge in [-0.3, -0.25) is 0 Å². The standard InChI is InChI=1S/C15H20ClN/c16-13-5-3-12(4-6-13)15(11-17)9-14(10-15)7-1-2-8-14/h3-6H,1-2,7-11,17H2. The summed E-state index contributed by atoms with van der Waals surface area (Å²) in [6, 6.07) is 8.32. The maximum absolute atomic E-state index is 6.06. The third kappa shape index (κ3) is 1.80. The van der Waals surface area contributed by atoms with Gasteiger partial charge in [-0.1, -0.05) is 36.6 Å². The van der Waals surface area contributed by atoms with Crippen LogP contribution in [0.3, 0.4) is 0 Å². The minimum Gasteiger partial charge on any atom is -0.330 e. The average molecular weight is 250 g/mol. The van der Waals surface area contributed by atoms with Crippen LogP contribution in [0.25, 0.3) is 0 Å². The molecule has 0 aliphatic heterocycles. The van der Waals surface area contributed by atoms with E-state index in [0.29, 0.717) is 5.41 Å². The summed E-state index contributed by atoms with van der Waals surface area (Å²) in [5.74, 6) is 0. The van der Waals surface area contributed by atoms with Crippen LogP contribution in [-0.2, 0) is 5.41 Å². The predicted octanol–water partition coefficient (Wildman–Crippen LogP) is 3.89. The molecule has 1 aromatic carbocycles. The number of hydrogen-bond donors (Lipinski definition) is 1. The molecule has 0 amide bonds. The molecule has 0 unspecified atom stereocenters. The van der Waals surface area contributed by atoms with E-state index in [9.17, 15) is 0 Å². The van der Waals surface area contributed by atoms with Gasteiger partial charge in [0.05, 0.1) is 0 Å². The van der Waals surface area contributed by atoms with Crippen molar-refractivity contribution >= 4 is 11.6 Å². The molecule has 2 aliphatic carbocycles. The molecule has 0 saturated heterocycles. The van der Waals surface area contributed by atoms with Crippen LogP contribution >= 0.6 is 11.6 Å². The summed E-state index contributed by atoms with van der Waals surface area (Å²) in [7, 11) is 0. The molecule has 1 aromatic rings. The highest BCUT2D eigenvalue weighted by molar-refractivity contribution is 6.30. The third-order valence-electron chi connectivity index (χ3n) is 4.94. The summed E-state index contributed by atoms with van der Waals surface area (Å²) in [4.78, 5) is 0. The third-order valence-corrected chi connectivity index (χ3v) is 5.19. The van der Waals surface area contributed by atoms with E-state index in [0.717, 1.165) is 11.6 Å². The molecule has 92 valence electrons. The molecular formula is C15H20ClN. The van der Waals surface area contributed by atoms with Crippen LogP contribution in [0, 0.1) is 5.41 Å². The predicted molar refractivity (Wildman–Crippen MR) is 72.3 cm³/mol. The Labute approximate surface area is 108 Å². The molecule has 2 aliphatic rings. The Bertz CT molecular complexity index is 395. The smallest absolute Gasteiger partial charge is 0.0406 e. The first-order chi connectivity index (χ1) is 8.18. The minimum absolute atomic E-state index is 0.245. The fraction of sp³-hybridized carbons (Fsp3) is 0.600. The number of rotatable bonds is 2. The van der Waals surface area contributed by atoms with Crippen molar-refractivity contribution in [1.29, 1.82) is 0 Å². The van der Waals surface area contributed by atoms with Gasteiger partial charge in [-0.2, -0.15) is 0 Å². The van der Waals surface area contributed by atoms with Crippen LogP contribution in [0.2, 0.25) is 5.02 Å². The largest absolute Gasteiger partial charge is 0.330 e. The highest BCUT2D eigenvalue weighted by Crippen LogP contribution is 2.62. The van der Waals surface area contributed by atoms with E-state index in [1.807, 2.05) is 12.1 Å². The van der Waals surface area contributed by atoms with Crippen molar-refractivity contribution in [2.24, 2.45) is 11.1 Å². The molecule has 0 aromatic heterocycles. The maximum atomic E-state index is 6.06. The Morgan fingerprint density at radius 1 is 1.06 bits per heavy atom. The molecule has 2 heteroatoms. The zero-order chi connectivity index (χ0) is 11.9. The molecule has 0 atom stereocenters. The van der Waals surface area contributed by atoms with Gasteiger partial charge >= 0.3 is 0 Å². The molecule has 0 heterocycles. The zero-order valence-electron chi connectivity index (χ0n) is 10.2. The maximum Gasteiger partial charge on any atom is 0.0406 e. The van der Waals surface area contributed by atoms with Gasteiger partial charge in [-0.25, -0.2) is 0 Å². The van der Waals surface area contributed by atoms with Crippen LogP contribution in [0.15, 0.2) is 24.3 Å². The topological polar surface area (TPSA) is 26.0 Å². The van der Waals surface area contributed by atoms with E-state index < -0.39 is 0 Å². The molecule has 2 N–H and O–H groups in total. The van der Waals surface area contributed by atoms with Crippen molar-refractivity contribution in [2.75, 3.05) is 6.54 Å². The summed E-state index contributed by atoms with van der Waals surface area (Å²) in [5, 5.41) is 0.816.